The quantitative estimate of drug-likeness (QED) is 0.777. The minimum atomic E-state index is -0.670. The van der Waals surface area contributed by atoms with E-state index < -0.39 is 5.97 Å². The molecule has 3 nitrogen and oxygen atoms in total. The minimum Gasteiger partial charge on any atom is -0.489 e. The highest BCUT2D eigenvalue weighted by Crippen LogP contribution is 2.21. The molecule has 0 saturated carbocycles. The summed E-state index contributed by atoms with van der Waals surface area (Å²) >= 11 is 0. The van der Waals surface area contributed by atoms with Crippen molar-refractivity contribution in [3.8, 4) is 5.75 Å². The number of para-hydroxylation sites is 1. The molecule has 3 heteroatoms. The molecule has 2 rings (SSSR count). The Bertz CT molecular complexity index is 424. The summed E-state index contributed by atoms with van der Waals surface area (Å²) < 4.78 is 5.34. The fraction of sp³-hybridized carbons (Fsp3) is 0.471. The third kappa shape index (κ3) is 6.98. The summed E-state index contributed by atoms with van der Waals surface area (Å²) in [5, 5.41) is 8.27. The Morgan fingerprint density at radius 1 is 1.20 bits per heavy atom. The zero-order valence-corrected chi connectivity index (χ0v) is 12.2. The van der Waals surface area contributed by atoms with Crippen molar-refractivity contribution in [1.29, 1.82) is 0 Å². The van der Waals surface area contributed by atoms with Crippen LogP contribution in [0.15, 0.2) is 30.3 Å². The normalized spacial score (nSPS) is 11.8. The Hall–Kier alpha value is -1.77. The van der Waals surface area contributed by atoms with Gasteiger partial charge in [-0.1, -0.05) is 56.9 Å². The van der Waals surface area contributed by atoms with E-state index in [4.69, 9.17) is 9.84 Å². The van der Waals surface area contributed by atoms with Crippen LogP contribution in [0.25, 0.3) is 6.08 Å². The molecule has 110 valence electrons. The second-order valence-electron chi connectivity index (χ2n) is 4.81. The van der Waals surface area contributed by atoms with Crippen LogP contribution in [0.5, 0.6) is 5.75 Å². The van der Waals surface area contributed by atoms with E-state index in [1.807, 2.05) is 30.3 Å². The van der Waals surface area contributed by atoms with E-state index in [9.17, 15) is 4.79 Å². The van der Waals surface area contributed by atoms with Gasteiger partial charge in [-0.3, -0.25) is 4.79 Å². The Morgan fingerprint density at radius 2 is 1.95 bits per heavy atom. The maximum absolute atomic E-state index is 10.0. The second kappa shape index (κ2) is 10.1. The van der Waals surface area contributed by atoms with Crippen LogP contribution in [0.2, 0.25) is 0 Å². The molecule has 20 heavy (non-hydrogen) atoms. The van der Waals surface area contributed by atoms with Crippen LogP contribution < -0.4 is 4.74 Å². The van der Waals surface area contributed by atoms with Crippen molar-refractivity contribution in [2.45, 2.75) is 45.4 Å². The van der Waals surface area contributed by atoms with Crippen molar-refractivity contribution < 1.29 is 14.6 Å². The van der Waals surface area contributed by atoms with E-state index in [0.717, 1.165) is 18.6 Å². The Balaban J connectivity index is 0.000000200. The number of ether oxygens (including phenoxy) is 1. The van der Waals surface area contributed by atoms with Crippen LogP contribution in [0, 0.1) is 0 Å². The van der Waals surface area contributed by atoms with Gasteiger partial charge in [-0.25, -0.2) is 0 Å². The monoisotopic (exact) mass is 276 g/mol. The summed E-state index contributed by atoms with van der Waals surface area (Å²) in [6.45, 7) is 2.86. The number of carbonyl (C=O) groups is 1. The van der Waals surface area contributed by atoms with E-state index in [1.54, 1.807) is 0 Å². The molecule has 0 bridgehead atoms. The molecule has 0 amide bonds. The van der Waals surface area contributed by atoms with Gasteiger partial charge in [-0.15, -0.1) is 0 Å². The van der Waals surface area contributed by atoms with Crippen molar-refractivity contribution in [3.05, 3.63) is 35.9 Å². The number of benzene rings is 1. The number of rotatable bonds is 6. The van der Waals surface area contributed by atoms with Crippen molar-refractivity contribution in [1.82, 2.24) is 0 Å². The van der Waals surface area contributed by atoms with Gasteiger partial charge in [0.1, 0.15) is 12.4 Å². The molecule has 1 aliphatic heterocycles. The van der Waals surface area contributed by atoms with Gasteiger partial charge in [0.2, 0.25) is 0 Å². The molecule has 1 heterocycles. The van der Waals surface area contributed by atoms with Gasteiger partial charge in [0.05, 0.1) is 0 Å². The predicted octanol–water partition coefficient (Wildman–Crippen LogP) is 4.52. The molecule has 0 radical (unpaired) electrons. The highest BCUT2D eigenvalue weighted by molar-refractivity contribution is 5.66. The summed E-state index contributed by atoms with van der Waals surface area (Å²) in [6.07, 6.45) is 9.98. The zero-order valence-electron chi connectivity index (χ0n) is 12.2. The topological polar surface area (TPSA) is 46.5 Å². The summed E-state index contributed by atoms with van der Waals surface area (Å²) in [5.41, 5.74) is 1.17. The average molecular weight is 276 g/mol. The second-order valence-corrected chi connectivity index (χ2v) is 4.81. The third-order valence-corrected chi connectivity index (χ3v) is 3.05. The molecule has 0 spiro atoms. The lowest BCUT2D eigenvalue weighted by Gasteiger charge is -2.10. The molecular weight excluding hydrogens is 252 g/mol. The van der Waals surface area contributed by atoms with Crippen molar-refractivity contribution in [2.75, 3.05) is 6.61 Å². The van der Waals surface area contributed by atoms with Crippen molar-refractivity contribution in [2.24, 2.45) is 0 Å². The summed E-state index contributed by atoms with van der Waals surface area (Å²) in [5.74, 6) is 0.321. The van der Waals surface area contributed by atoms with Gasteiger partial charge in [-0.05, 0) is 18.6 Å². The van der Waals surface area contributed by atoms with Crippen molar-refractivity contribution in [3.63, 3.8) is 0 Å². The van der Waals surface area contributed by atoms with Crippen LogP contribution in [-0.4, -0.2) is 17.7 Å². The molecule has 0 fully saturated rings. The van der Waals surface area contributed by atoms with Crippen LogP contribution in [0.4, 0.5) is 0 Å². The highest BCUT2D eigenvalue weighted by Gasteiger charge is 2.01. The maximum Gasteiger partial charge on any atom is 0.303 e. The smallest absolute Gasteiger partial charge is 0.303 e. The number of hydrogen-bond acceptors (Lipinski definition) is 2. The molecule has 0 saturated heterocycles. The first-order valence-corrected chi connectivity index (χ1v) is 7.34. The number of fused-ring (bicyclic) bond motifs is 1. The molecule has 0 atom stereocenters. The first kappa shape index (κ1) is 16.3. The van der Waals surface area contributed by atoms with Gasteiger partial charge < -0.3 is 9.84 Å². The van der Waals surface area contributed by atoms with E-state index in [-0.39, 0.29) is 0 Å². The first-order chi connectivity index (χ1) is 9.74. The van der Waals surface area contributed by atoms with Crippen LogP contribution >= 0.6 is 0 Å². The van der Waals surface area contributed by atoms with E-state index in [0.29, 0.717) is 13.0 Å². The van der Waals surface area contributed by atoms with Crippen LogP contribution in [0.3, 0.4) is 0 Å². The van der Waals surface area contributed by atoms with Gasteiger partial charge in [0, 0.05) is 12.0 Å². The number of unbranched alkanes of at least 4 members (excludes halogenated alkanes) is 4. The number of carboxylic acids is 1. The molecular formula is C17H24O3. The van der Waals surface area contributed by atoms with E-state index in [1.165, 1.54) is 24.8 Å². The molecule has 1 aromatic rings. The average Bonchev–Trinajstić information content (AvgIpc) is 2.48. The van der Waals surface area contributed by atoms with Gasteiger partial charge in [-0.2, -0.15) is 0 Å². The predicted molar refractivity (Wildman–Crippen MR) is 82.0 cm³/mol. The first-order valence-electron chi connectivity index (χ1n) is 7.34. The third-order valence-electron chi connectivity index (χ3n) is 3.05. The van der Waals surface area contributed by atoms with Crippen LogP contribution in [0.1, 0.15) is 51.0 Å². The minimum absolute atomic E-state index is 0.337. The summed E-state index contributed by atoms with van der Waals surface area (Å²) in [6, 6.07) is 8.03. The Kier molecular flexibility index (Phi) is 8.20. The number of aliphatic carboxylic acids is 1. The lowest BCUT2D eigenvalue weighted by Crippen LogP contribution is -1.98. The zero-order chi connectivity index (χ0) is 14.6. The van der Waals surface area contributed by atoms with Gasteiger partial charge >= 0.3 is 5.97 Å². The van der Waals surface area contributed by atoms with Crippen molar-refractivity contribution >= 4 is 12.0 Å². The van der Waals surface area contributed by atoms with Crippen LogP contribution in [-0.2, 0) is 4.79 Å². The van der Waals surface area contributed by atoms with E-state index in [2.05, 4.69) is 13.0 Å². The van der Waals surface area contributed by atoms with Gasteiger partial charge in [0.15, 0.2) is 0 Å². The molecule has 0 aromatic heterocycles. The fourth-order valence-corrected chi connectivity index (χ4v) is 1.94. The standard InChI is InChI=1S/C9H8O.C8H16O2/c1-2-6-9-8(4-1)5-3-7-10-9;1-2-3-4-5-6-7-8(9)10/h1-6H,7H2;2-7H2,1H3,(H,9,10). The largest absolute Gasteiger partial charge is 0.489 e. The SMILES string of the molecule is C1=Cc2ccccc2OC1.CCCCCCCC(=O)O. The Morgan fingerprint density at radius 3 is 2.65 bits per heavy atom. The lowest BCUT2D eigenvalue weighted by molar-refractivity contribution is -0.137. The number of carboxylic acid groups (broad SMARTS) is 1. The Labute approximate surface area is 121 Å². The van der Waals surface area contributed by atoms with E-state index >= 15 is 0 Å². The summed E-state index contributed by atoms with van der Waals surface area (Å²) in [7, 11) is 0. The molecule has 1 N–H and O–H groups in total. The van der Waals surface area contributed by atoms with Gasteiger partial charge in [0.25, 0.3) is 0 Å². The fourth-order valence-electron chi connectivity index (χ4n) is 1.94. The molecule has 1 aliphatic rings. The lowest BCUT2D eigenvalue weighted by atomic mass is 10.1. The number of hydrogen-bond donors (Lipinski definition) is 1. The summed E-state index contributed by atoms with van der Waals surface area (Å²) in [4.78, 5) is 10.0. The molecule has 0 aliphatic carbocycles. The molecule has 1 aromatic carbocycles. The molecule has 0 unspecified atom stereocenters. The highest BCUT2D eigenvalue weighted by atomic mass is 16.5. The maximum atomic E-state index is 10.0.